The summed E-state index contributed by atoms with van der Waals surface area (Å²) in [5, 5.41) is 4.73. The molecule has 0 radical (unpaired) electrons. The molecule has 130 valence electrons. The van der Waals surface area contributed by atoms with Crippen molar-refractivity contribution in [1.82, 2.24) is 10.6 Å². The Morgan fingerprint density at radius 2 is 1.68 bits per heavy atom. The van der Waals surface area contributed by atoms with Gasteiger partial charge in [0.05, 0.1) is 5.56 Å². The van der Waals surface area contributed by atoms with E-state index in [1.807, 2.05) is 35.6 Å². The molecule has 0 saturated carbocycles. The number of amides is 4. The third kappa shape index (κ3) is 5.35. The monoisotopic (exact) mass is 341 g/mol. The third-order valence-electron chi connectivity index (χ3n) is 3.35. The van der Waals surface area contributed by atoms with E-state index in [1.54, 1.807) is 24.3 Å². The van der Waals surface area contributed by atoms with Crippen molar-refractivity contribution in [2.45, 2.75) is 19.6 Å². The molecule has 2 rings (SSSR count). The van der Waals surface area contributed by atoms with Crippen LogP contribution in [0.3, 0.4) is 0 Å². The van der Waals surface area contributed by atoms with Crippen molar-refractivity contribution in [1.29, 1.82) is 0 Å². The number of rotatable bonds is 6. The Balaban J connectivity index is 2.05. The minimum absolute atomic E-state index is 0.236. The first kappa shape index (κ1) is 18.0. The molecule has 0 aromatic heterocycles. The van der Waals surface area contributed by atoms with E-state index in [0.717, 1.165) is 5.56 Å². The number of para-hydroxylation sites is 1. The molecule has 0 unspecified atom stereocenters. The van der Waals surface area contributed by atoms with Gasteiger partial charge in [0, 0.05) is 6.54 Å². The van der Waals surface area contributed by atoms with Crippen LogP contribution in [0.5, 0.6) is 5.75 Å². The molecule has 2 aromatic rings. The zero-order chi connectivity index (χ0) is 18.2. The molecular formula is C18H19N3O4. The van der Waals surface area contributed by atoms with E-state index in [1.165, 1.54) is 6.92 Å². The topological polar surface area (TPSA) is 111 Å². The summed E-state index contributed by atoms with van der Waals surface area (Å²) in [6.07, 6.45) is -0.990. The second-order valence-electron chi connectivity index (χ2n) is 5.28. The number of benzene rings is 2. The average molecular weight is 341 g/mol. The maximum atomic E-state index is 12.4. The lowest BCUT2D eigenvalue weighted by atomic mass is 10.1. The molecule has 0 bridgehead atoms. The molecule has 1 atom stereocenters. The SMILES string of the molecule is C[C@@H](Oc1ccccc1C(=O)NCc1ccccc1)C(=O)NC(N)=O. The molecule has 0 fully saturated rings. The molecule has 0 saturated heterocycles. The van der Waals surface area contributed by atoms with Crippen molar-refractivity contribution < 1.29 is 19.1 Å². The Labute approximate surface area is 145 Å². The van der Waals surface area contributed by atoms with E-state index in [2.05, 4.69) is 5.32 Å². The van der Waals surface area contributed by atoms with Crippen LogP contribution in [0.25, 0.3) is 0 Å². The summed E-state index contributed by atoms with van der Waals surface area (Å²) in [5.74, 6) is -0.783. The van der Waals surface area contributed by atoms with Crippen molar-refractivity contribution in [2.24, 2.45) is 5.73 Å². The number of hydrogen-bond donors (Lipinski definition) is 3. The van der Waals surface area contributed by atoms with Crippen molar-refractivity contribution >= 4 is 17.8 Å². The maximum Gasteiger partial charge on any atom is 0.318 e. The van der Waals surface area contributed by atoms with Crippen molar-refractivity contribution in [3.05, 3.63) is 65.7 Å². The Hall–Kier alpha value is -3.35. The van der Waals surface area contributed by atoms with Crippen LogP contribution in [0, 0.1) is 0 Å². The molecule has 0 aliphatic rings. The first-order valence-electron chi connectivity index (χ1n) is 7.65. The quantitative estimate of drug-likeness (QED) is 0.741. The minimum atomic E-state index is -0.990. The van der Waals surface area contributed by atoms with Gasteiger partial charge in [-0.3, -0.25) is 14.9 Å². The number of carbonyl (C=O) groups excluding carboxylic acids is 3. The molecule has 25 heavy (non-hydrogen) atoms. The third-order valence-corrected chi connectivity index (χ3v) is 3.35. The average Bonchev–Trinajstić information content (AvgIpc) is 2.60. The Bertz CT molecular complexity index is 762. The molecule has 7 heteroatoms. The normalized spacial score (nSPS) is 11.2. The highest BCUT2D eigenvalue weighted by Gasteiger charge is 2.19. The van der Waals surface area contributed by atoms with E-state index in [9.17, 15) is 14.4 Å². The Kier molecular flexibility index (Phi) is 6.11. The molecule has 4 N–H and O–H groups in total. The fraction of sp³-hybridized carbons (Fsp3) is 0.167. The van der Waals surface area contributed by atoms with E-state index < -0.39 is 18.0 Å². The summed E-state index contributed by atoms with van der Waals surface area (Å²) in [5.41, 5.74) is 6.16. The lowest BCUT2D eigenvalue weighted by Crippen LogP contribution is -2.42. The Morgan fingerprint density at radius 3 is 2.36 bits per heavy atom. The van der Waals surface area contributed by atoms with Crippen molar-refractivity contribution in [3.63, 3.8) is 0 Å². The van der Waals surface area contributed by atoms with Crippen LogP contribution in [0.1, 0.15) is 22.8 Å². The van der Waals surface area contributed by atoms with Crippen LogP contribution >= 0.6 is 0 Å². The summed E-state index contributed by atoms with van der Waals surface area (Å²) < 4.78 is 5.50. The van der Waals surface area contributed by atoms with Gasteiger partial charge in [0.25, 0.3) is 11.8 Å². The first-order valence-corrected chi connectivity index (χ1v) is 7.65. The largest absolute Gasteiger partial charge is 0.480 e. The molecule has 4 amide bonds. The van der Waals surface area contributed by atoms with Crippen LogP contribution in [0.15, 0.2) is 54.6 Å². The van der Waals surface area contributed by atoms with Crippen molar-refractivity contribution in [2.75, 3.05) is 0 Å². The number of primary amides is 1. The zero-order valence-corrected chi connectivity index (χ0v) is 13.7. The molecule has 0 heterocycles. The number of nitrogens with two attached hydrogens (primary N) is 1. The predicted octanol–water partition coefficient (Wildman–Crippen LogP) is 1.58. The van der Waals surface area contributed by atoms with E-state index in [-0.39, 0.29) is 17.2 Å². The number of ether oxygens (including phenoxy) is 1. The Morgan fingerprint density at radius 1 is 1.04 bits per heavy atom. The number of imide groups is 1. The van der Waals surface area contributed by atoms with Crippen LogP contribution in [-0.2, 0) is 11.3 Å². The molecular weight excluding hydrogens is 322 g/mol. The van der Waals surface area contributed by atoms with Gasteiger partial charge in [0.1, 0.15) is 5.75 Å². The summed E-state index contributed by atoms with van der Waals surface area (Å²) in [6.45, 7) is 1.82. The summed E-state index contributed by atoms with van der Waals surface area (Å²) in [7, 11) is 0. The number of hydrogen-bond acceptors (Lipinski definition) is 4. The van der Waals surface area contributed by atoms with E-state index in [4.69, 9.17) is 10.5 Å². The van der Waals surface area contributed by atoms with Gasteiger partial charge >= 0.3 is 6.03 Å². The summed E-state index contributed by atoms with van der Waals surface area (Å²) >= 11 is 0. The van der Waals surface area contributed by atoms with Crippen LogP contribution in [0.2, 0.25) is 0 Å². The number of nitrogens with one attached hydrogen (secondary N) is 2. The zero-order valence-electron chi connectivity index (χ0n) is 13.7. The first-order chi connectivity index (χ1) is 12.0. The van der Waals surface area contributed by atoms with Gasteiger partial charge in [0.2, 0.25) is 0 Å². The number of urea groups is 1. The highest BCUT2D eigenvalue weighted by molar-refractivity contribution is 5.98. The van der Waals surface area contributed by atoms with Crippen molar-refractivity contribution in [3.8, 4) is 5.75 Å². The van der Waals surface area contributed by atoms with Gasteiger partial charge in [-0.2, -0.15) is 0 Å². The van der Waals surface area contributed by atoms with E-state index >= 15 is 0 Å². The molecule has 7 nitrogen and oxygen atoms in total. The van der Waals surface area contributed by atoms with Crippen LogP contribution in [-0.4, -0.2) is 23.9 Å². The lowest BCUT2D eigenvalue weighted by molar-refractivity contribution is -0.126. The van der Waals surface area contributed by atoms with E-state index in [0.29, 0.717) is 6.54 Å². The summed E-state index contributed by atoms with van der Waals surface area (Å²) in [6, 6.07) is 15.1. The molecule has 0 spiro atoms. The van der Waals surface area contributed by atoms with Gasteiger partial charge in [-0.1, -0.05) is 42.5 Å². The maximum absolute atomic E-state index is 12.4. The van der Waals surface area contributed by atoms with Gasteiger partial charge < -0.3 is 15.8 Å². The van der Waals surface area contributed by atoms with Crippen LogP contribution in [0.4, 0.5) is 4.79 Å². The molecule has 0 aliphatic heterocycles. The van der Waals surface area contributed by atoms with Gasteiger partial charge in [-0.25, -0.2) is 4.79 Å². The second-order valence-corrected chi connectivity index (χ2v) is 5.28. The molecule has 0 aliphatic carbocycles. The molecule has 2 aromatic carbocycles. The number of carbonyl (C=O) groups is 3. The lowest BCUT2D eigenvalue weighted by Gasteiger charge is -2.16. The standard InChI is InChI=1S/C18H19N3O4/c1-12(16(22)21-18(19)24)25-15-10-6-5-9-14(15)17(23)20-11-13-7-3-2-4-8-13/h2-10,12H,11H2,1H3,(H,20,23)(H3,19,21,22,24)/t12-/m1/s1. The van der Waals surface area contributed by atoms with Gasteiger partial charge in [-0.05, 0) is 24.6 Å². The fourth-order valence-corrected chi connectivity index (χ4v) is 2.10. The second kappa shape index (κ2) is 8.49. The highest BCUT2D eigenvalue weighted by Crippen LogP contribution is 2.19. The fourth-order valence-electron chi connectivity index (χ4n) is 2.10. The summed E-state index contributed by atoms with van der Waals surface area (Å²) in [4.78, 5) is 34.8. The van der Waals surface area contributed by atoms with Crippen LogP contribution < -0.4 is 21.1 Å². The van der Waals surface area contributed by atoms with Gasteiger partial charge in [0.15, 0.2) is 6.10 Å². The van der Waals surface area contributed by atoms with Gasteiger partial charge in [-0.15, -0.1) is 0 Å². The predicted molar refractivity (Wildman–Crippen MR) is 91.9 cm³/mol. The smallest absolute Gasteiger partial charge is 0.318 e. The minimum Gasteiger partial charge on any atom is -0.480 e. The highest BCUT2D eigenvalue weighted by atomic mass is 16.5.